The Hall–Kier alpha value is -1.82. The molecule has 0 unspecified atom stereocenters. The fourth-order valence-corrected chi connectivity index (χ4v) is 4.87. The molecule has 0 bridgehead atoms. The van der Waals surface area contributed by atoms with E-state index in [-0.39, 0.29) is 11.5 Å². The molecule has 4 rings (SSSR count). The molecule has 0 aliphatic carbocycles. The second kappa shape index (κ2) is 7.06. The van der Waals surface area contributed by atoms with Gasteiger partial charge in [-0.2, -0.15) is 0 Å². The summed E-state index contributed by atoms with van der Waals surface area (Å²) in [5.74, 6) is 0.565. The molecular formula is C20H21ClN2O2S. The van der Waals surface area contributed by atoms with Crippen molar-refractivity contribution in [1.82, 2.24) is 9.88 Å². The van der Waals surface area contributed by atoms with Crippen LogP contribution in [0.3, 0.4) is 0 Å². The summed E-state index contributed by atoms with van der Waals surface area (Å²) in [4.78, 5) is 5.68. The highest BCUT2D eigenvalue weighted by molar-refractivity contribution is 7.91. The highest BCUT2D eigenvalue weighted by Gasteiger charge is 2.21. The maximum atomic E-state index is 11.5. The molecule has 0 amide bonds. The van der Waals surface area contributed by atoms with Gasteiger partial charge in [-0.3, -0.25) is 0 Å². The summed E-state index contributed by atoms with van der Waals surface area (Å²) in [6, 6.07) is 16.5. The molecule has 0 spiro atoms. The monoisotopic (exact) mass is 388 g/mol. The Labute approximate surface area is 158 Å². The van der Waals surface area contributed by atoms with E-state index in [2.05, 4.69) is 40.2 Å². The molecule has 4 nitrogen and oxygen atoms in total. The summed E-state index contributed by atoms with van der Waals surface area (Å²) in [7, 11) is -2.81. The van der Waals surface area contributed by atoms with Crippen LogP contribution < -0.4 is 0 Å². The number of rotatable bonds is 4. The largest absolute Gasteiger partial charge is 0.355 e. The zero-order valence-corrected chi connectivity index (χ0v) is 16.0. The van der Waals surface area contributed by atoms with Crippen LogP contribution in [0.1, 0.15) is 5.56 Å². The fourth-order valence-electron chi connectivity index (χ4n) is 3.41. The Morgan fingerprint density at radius 3 is 2.65 bits per heavy atom. The maximum Gasteiger partial charge on any atom is 0.152 e. The first-order valence-electron chi connectivity index (χ1n) is 8.79. The summed E-state index contributed by atoms with van der Waals surface area (Å²) in [5.41, 5.74) is 4.56. The molecule has 2 heterocycles. The number of nitrogens with zero attached hydrogens (tertiary/aromatic N) is 1. The lowest BCUT2D eigenvalue weighted by Crippen LogP contribution is -2.41. The molecule has 136 valence electrons. The van der Waals surface area contributed by atoms with Crippen LogP contribution in [-0.2, 0) is 16.3 Å². The Kier molecular flexibility index (Phi) is 4.78. The number of halogens is 1. The summed E-state index contributed by atoms with van der Waals surface area (Å²) in [6.45, 7) is 2.18. The van der Waals surface area contributed by atoms with Gasteiger partial charge in [0.25, 0.3) is 0 Å². The molecule has 26 heavy (non-hydrogen) atoms. The van der Waals surface area contributed by atoms with Gasteiger partial charge < -0.3 is 9.88 Å². The van der Waals surface area contributed by atoms with E-state index in [9.17, 15) is 8.42 Å². The number of aromatic amines is 1. The van der Waals surface area contributed by atoms with Gasteiger partial charge in [-0.05, 0) is 47.9 Å². The minimum atomic E-state index is -2.81. The molecule has 1 aromatic heterocycles. The van der Waals surface area contributed by atoms with Gasteiger partial charge >= 0.3 is 0 Å². The quantitative estimate of drug-likeness (QED) is 0.740. The van der Waals surface area contributed by atoms with Crippen molar-refractivity contribution in [2.24, 2.45) is 0 Å². The van der Waals surface area contributed by atoms with Crippen molar-refractivity contribution in [1.29, 1.82) is 0 Å². The highest BCUT2D eigenvalue weighted by Crippen LogP contribution is 2.27. The molecule has 1 fully saturated rings. The number of nitrogens with one attached hydrogen (secondary N) is 1. The first-order chi connectivity index (χ1) is 12.5. The third-order valence-corrected chi connectivity index (χ3v) is 6.82. The zero-order valence-electron chi connectivity index (χ0n) is 14.4. The van der Waals surface area contributed by atoms with E-state index < -0.39 is 9.84 Å². The van der Waals surface area contributed by atoms with Crippen molar-refractivity contribution in [2.45, 2.75) is 6.42 Å². The smallest absolute Gasteiger partial charge is 0.152 e. The average Bonchev–Trinajstić information content (AvgIpc) is 3.04. The van der Waals surface area contributed by atoms with Crippen LogP contribution in [0.4, 0.5) is 0 Å². The Balaban J connectivity index is 1.47. The van der Waals surface area contributed by atoms with E-state index in [4.69, 9.17) is 11.6 Å². The molecule has 6 heteroatoms. The number of H-pyrrole nitrogens is 1. The van der Waals surface area contributed by atoms with Crippen molar-refractivity contribution < 1.29 is 8.42 Å². The van der Waals surface area contributed by atoms with Crippen molar-refractivity contribution in [3.05, 3.63) is 59.1 Å². The Morgan fingerprint density at radius 1 is 1.04 bits per heavy atom. The minimum Gasteiger partial charge on any atom is -0.355 e. The molecule has 0 radical (unpaired) electrons. The molecule has 0 saturated carbocycles. The number of sulfone groups is 1. The van der Waals surface area contributed by atoms with Crippen LogP contribution in [0.25, 0.3) is 22.2 Å². The number of fused-ring (bicyclic) bond motifs is 1. The third-order valence-electron chi connectivity index (χ3n) is 4.97. The van der Waals surface area contributed by atoms with Crippen LogP contribution in [0, 0.1) is 0 Å². The Morgan fingerprint density at radius 2 is 1.85 bits per heavy atom. The van der Waals surface area contributed by atoms with Gasteiger partial charge in [0.2, 0.25) is 0 Å². The molecule has 1 aliphatic rings. The van der Waals surface area contributed by atoms with Crippen molar-refractivity contribution in [2.75, 3.05) is 31.1 Å². The van der Waals surface area contributed by atoms with Crippen LogP contribution >= 0.6 is 11.6 Å². The predicted molar refractivity (Wildman–Crippen MR) is 108 cm³/mol. The SMILES string of the molecule is O=S1(=O)CCN(CCc2cccc(-c3cc4cc(Cl)ccc4[nH]3)c2)CC1. The maximum absolute atomic E-state index is 11.5. The van der Waals surface area contributed by atoms with Gasteiger partial charge in [0, 0.05) is 41.3 Å². The molecule has 0 atom stereocenters. The number of hydrogen-bond donors (Lipinski definition) is 1. The lowest BCUT2D eigenvalue weighted by atomic mass is 10.1. The lowest BCUT2D eigenvalue weighted by molar-refractivity contribution is 0.299. The second-order valence-electron chi connectivity index (χ2n) is 6.86. The molecule has 1 aliphatic heterocycles. The van der Waals surface area contributed by atoms with Gasteiger partial charge in [-0.1, -0.05) is 29.8 Å². The molecule has 1 saturated heterocycles. The van der Waals surface area contributed by atoms with Gasteiger partial charge in [0.15, 0.2) is 9.84 Å². The number of benzene rings is 2. The molecule has 2 aromatic carbocycles. The highest BCUT2D eigenvalue weighted by atomic mass is 35.5. The van der Waals surface area contributed by atoms with E-state index in [1.165, 1.54) is 5.56 Å². The van der Waals surface area contributed by atoms with Gasteiger partial charge in [0.1, 0.15) is 0 Å². The normalized spacial score (nSPS) is 17.6. The van der Waals surface area contributed by atoms with Crippen LogP contribution in [-0.4, -0.2) is 49.4 Å². The van der Waals surface area contributed by atoms with Gasteiger partial charge in [0.05, 0.1) is 11.5 Å². The zero-order chi connectivity index (χ0) is 18.1. The molecule has 1 N–H and O–H groups in total. The summed E-state index contributed by atoms with van der Waals surface area (Å²) in [6.07, 6.45) is 0.917. The fraction of sp³-hybridized carbons (Fsp3) is 0.300. The van der Waals surface area contributed by atoms with Crippen LogP contribution in [0.5, 0.6) is 0 Å². The van der Waals surface area contributed by atoms with Crippen molar-refractivity contribution in [3.63, 3.8) is 0 Å². The summed E-state index contributed by atoms with van der Waals surface area (Å²) < 4.78 is 23.1. The van der Waals surface area contributed by atoms with Crippen LogP contribution in [0.15, 0.2) is 48.5 Å². The van der Waals surface area contributed by atoms with Gasteiger partial charge in [-0.15, -0.1) is 0 Å². The summed E-state index contributed by atoms with van der Waals surface area (Å²) in [5, 5.41) is 1.84. The predicted octanol–water partition coefficient (Wildman–Crippen LogP) is 3.76. The standard InChI is InChI=1S/C20H21ClN2O2S/c21-18-4-5-19-17(13-18)14-20(22-19)16-3-1-2-15(12-16)6-7-23-8-10-26(24,25)11-9-23/h1-5,12-14,22H,6-11H2. The van der Waals surface area contributed by atoms with Crippen molar-refractivity contribution >= 4 is 32.3 Å². The first kappa shape index (κ1) is 17.6. The number of hydrogen-bond acceptors (Lipinski definition) is 3. The summed E-state index contributed by atoms with van der Waals surface area (Å²) >= 11 is 6.08. The van der Waals surface area contributed by atoms with E-state index in [0.717, 1.165) is 40.1 Å². The topological polar surface area (TPSA) is 53.2 Å². The lowest BCUT2D eigenvalue weighted by Gasteiger charge is -2.26. The molecule has 3 aromatic rings. The van der Waals surface area contributed by atoms with Crippen molar-refractivity contribution in [3.8, 4) is 11.3 Å². The number of aromatic nitrogens is 1. The van der Waals surface area contributed by atoms with Crippen LogP contribution in [0.2, 0.25) is 5.02 Å². The molecular weight excluding hydrogens is 368 g/mol. The van der Waals surface area contributed by atoms with E-state index in [1.807, 2.05) is 18.2 Å². The van der Waals surface area contributed by atoms with E-state index >= 15 is 0 Å². The Bertz CT molecular complexity index is 1030. The minimum absolute atomic E-state index is 0.282. The third kappa shape index (κ3) is 3.95. The first-order valence-corrected chi connectivity index (χ1v) is 11.0. The van der Waals surface area contributed by atoms with E-state index in [1.54, 1.807) is 0 Å². The van der Waals surface area contributed by atoms with E-state index in [0.29, 0.717) is 13.1 Å². The second-order valence-corrected chi connectivity index (χ2v) is 9.60. The van der Waals surface area contributed by atoms with Gasteiger partial charge in [-0.25, -0.2) is 8.42 Å². The average molecular weight is 389 g/mol.